The molecule has 0 bridgehead atoms. The first kappa shape index (κ1) is 12.6. The van der Waals surface area contributed by atoms with Gasteiger partial charge in [0.15, 0.2) is 0 Å². The minimum atomic E-state index is 0.151. The van der Waals surface area contributed by atoms with Gasteiger partial charge in [-0.3, -0.25) is 4.98 Å². The van der Waals surface area contributed by atoms with Crippen LogP contribution in [0.1, 0.15) is 17.3 Å². The van der Waals surface area contributed by atoms with E-state index >= 15 is 0 Å². The van der Waals surface area contributed by atoms with Crippen LogP contribution in [0.5, 0.6) is 5.75 Å². The Hall–Kier alpha value is -1.87. The Labute approximate surface area is 108 Å². The SMILES string of the molecule is CNC(COc1ccccc1)c1ccc(C)nc1. The van der Waals surface area contributed by atoms with Crippen molar-refractivity contribution in [2.45, 2.75) is 13.0 Å². The van der Waals surface area contributed by atoms with Gasteiger partial charge in [0.1, 0.15) is 12.4 Å². The first-order chi connectivity index (χ1) is 8.79. The van der Waals surface area contributed by atoms with Crippen LogP contribution < -0.4 is 10.1 Å². The molecule has 1 N–H and O–H groups in total. The van der Waals surface area contributed by atoms with Crippen molar-refractivity contribution < 1.29 is 4.74 Å². The van der Waals surface area contributed by atoms with E-state index in [9.17, 15) is 0 Å². The van der Waals surface area contributed by atoms with Crippen LogP contribution in [0.3, 0.4) is 0 Å². The molecule has 1 aromatic carbocycles. The number of para-hydroxylation sites is 1. The summed E-state index contributed by atoms with van der Waals surface area (Å²) in [6.07, 6.45) is 1.89. The van der Waals surface area contributed by atoms with Crippen molar-refractivity contribution in [3.05, 3.63) is 59.9 Å². The second-order valence-electron chi connectivity index (χ2n) is 4.20. The number of nitrogens with one attached hydrogen (secondary N) is 1. The molecule has 0 fully saturated rings. The van der Waals surface area contributed by atoms with Crippen molar-refractivity contribution in [1.29, 1.82) is 0 Å². The molecule has 1 aromatic heterocycles. The topological polar surface area (TPSA) is 34.1 Å². The van der Waals surface area contributed by atoms with Crippen LogP contribution in [0, 0.1) is 6.92 Å². The van der Waals surface area contributed by atoms with Gasteiger partial charge in [0.2, 0.25) is 0 Å². The molecule has 3 heteroatoms. The van der Waals surface area contributed by atoms with Crippen LogP contribution in [0.2, 0.25) is 0 Å². The van der Waals surface area contributed by atoms with E-state index in [1.807, 2.05) is 56.6 Å². The lowest BCUT2D eigenvalue weighted by atomic mass is 10.1. The summed E-state index contributed by atoms with van der Waals surface area (Å²) in [5.74, 6) is 0.887. The minimum Gasteiger partial charge on any atom is -0.492 e. The summed E-state index contributed by atoms with van der Waals surface area (Å²) < 4.78 is 5.75. The zero-order valence-electron chi connectivity index (χ0n) is 10.8. The Bertz CT molecular complexity index is 468. The van der Waals surface area contributed by atoms with Crippen LogP contribution >= 0.6 is 0 Å². The summed E-state index contributed by atoms with van der Waals surface area (Å²) in [7, 11) is 1.93. The van der Waals surface area contributed by atoms with Gasteiger partial charge >= 0.3 is 0 Å². The van der Waals surface area contributed by atoms with Crippen LogP contribution in [0.15, 0.2) is 48.7 Å². The molecule has 0 saturated carbocycles. The van der Waals surface area contributed by atoms with E-state index in [1.165, 1.54) is 0 Å². The van der Waals surface area contributed by atoms with Crippen molar-refractivity contribution in [2.24, 2.45) is 0 Å². The molecule has 0 aliphatic carbocycles. The molecule has 1 heterocycles. The van der Waals surface area contributed by atoms with Crippen LogP contribution in [-0.4, -0.2) is 18.6 Å². The molecule has 3 nitrogen and oxygen atoms in total. The minimum absolute atomic E-state index is 0.151. The predicted molar refractivity (Wildman–Crippen MR) is 72.7 cm³/mol. The normalized spacial score (nSPS) is 12.1. The van der Waals surface area contributed by atoms with E-state index in [4.69, 9.17) is 4.74 Å². The van der Waals surface area contributed by atoms with Gasteiger partial charge in [-0.2, -0.15) is 0 Å². The summed E-state index contributed by atoms with van der Waals surface area (Å²) in [6, 6.07) is 14.1. The molecule has 0 saturated heterocycles. The molecule has 1 atom stereocenters. The average Bonchev–Trinajstić information content (AvgIpc) is 2.42. The number of aromatic nitrogens is 1. The van der Waals surface area contributed by atoms with Gasteiger partial charge in [0.25, 0.3) is 0 Å². The van der Waals surface area contributed by atoms with Crippen LogP contribution in [0.25, 0.3) is 0 Å². The maximum atomic E-state index is 5.75. The summed E-state index contributed by atoms with van der Waals surface area (Å²) in [6.45, 7) is 2.57. The highest BCUT2D eigenvalue weighted by atomic mass is 16.5. The molecule has 2 aromatic rings. The fourth-order valence-electron chi connectivity index (χ4n) is 1.73. The first-order valence-electron chi connectivity index (χ1n) is 6.07. The van der Waals surface area contributed by atoms with Gasteiger partial charge in [-0.25, -0.2) is 0 Å². The lowest BCUT2D eigenvalue weighted by Crippen LogP contribution is -2.23. The molecule has 0 aliphatic rings. The van der Waals surface area contributed by atoms with Gasteiger partial charge < -0.3 is 10.1 Å². The highest BCUT2D eigenvalue weighted by Gasteiger charge is 2.10. The van der Waals surface area contributed by atoms with Crippen molar-refractivity contribution >= 4 is 0 Å². The Morgan fingerprint density at radius 2 is 1.94 bits per heavy atom. The molecule has 94 valence electrons. The Morgan fingerprint density at radius 1 is 1.17 bits per heavy atom. The molecule has 0 spiro atoms. The highest BCUT2D eigenvalue weighted by Crippen LogP contribution is 2.15. The van der Waals surface area contributed by atoms with Gasteiger partial charge in [-0.05, 0) is 37.7 Å². The second kappa shape index (κ2) is 6.17. The molecule has 0 amide bonds. The third kappa shape index (κ3) is 3.31. The first-order valence-corrected chi connectivity index (χ1v) is 6.07. The Morgan fingerprint density at radius 3 is 2.56 bits per heavy atom. The number of nitrogens with zero attached hydrogens (tertiary/aromatic N) is 1. The molecular weight excluding hydrogens is 224 g/mol. The van der Waals surface area contributed by atoms with E-state index in [0.717, 1.165) is 17.0 Å². The fourth-order valence-corrected chi connectivity index (χ4v) is 1.73. The van der Waals surface area contributed by atoms with Gasteiger partial charge in [-0.15, -0.1) is 0 Å². The van der Waals surface area contributed by atoms with Crippen molar-refractivity contribution in [3.63, 3.8) is 0 Å². The quantitative estimate of drug-likeness (QED) is 0.875. The number of ether oxygens (including phenoxy) is 1. The van der Waals surface area contributed by atoms with E-state index < -0.39 is 0 Å². The maximum Gasteiger partial charge on any atom is 0.119 e. The standard InChI is InChI=1S/C15H18N2O/c1-12-8-9-13(10-17-12)15(16-2)11-18-14-6-4-3-5-7-14/h3-10,15-16H,11H2,1-2H3. The van der Waals surface area contributed by atoms with Crippen molar-refractivity contribution in [2.75, 3.05) is 13.7 Å². The molecular formula is C15H18N2O. The molecule has 1 unspecified atom stereocenters. The third-order valence-corrected chi connectivity index (χ3v) is 2.84. The number of hydrogen-bond acceptors (Lipinski definition) is 3. The van der Waals surface area contributed by atoms with Gasteiger partial charge in [0, 0.05) is 11.9 Å². The maximum absolute atomic E-state index is 5.75. The molecule has 18 heavy (non-hydrogen) atoms. The van der Waals surface area contributed by atoms with Gasteiger partial charge in [-0.1, -0.05) is 24.3 Å². The largest absolute Gasteiger partial charge is 0.492 e. The highest BCUT2D eigenvalue weighted by molar-refractivity contribution is 5.22. The van der Waals surface area contributed by atoms with Gasteiger partial charge in [0.05, 0.1) is 6.04 Å². The number of rotatable bonds is 5. The summed E-state index contributed by atoms with van der Waals surface area (Å²) in [5, 5.41) is 3.24. The number of pyridine rings is 1. The fraction of sp³-hybridized carbons (Fsp3) is 0.267. The summed E-state index contributed by atoms with van der Waals surface area (Å²) >= 11 is 0. The van der Waals surface area contributed by atoms with Crippen molar-refractivity contribution in [1.82, 2.24) is 10.3 Å². The van der Waals surface area contributed by atoms with E-state index in [1.54, 1.807) is 0 Å². The monoisotopic (exact) mass is 242 g/mol. The van der Waals surface area contributed by atoms with E-state index in [0.29, 0.717) is 6.61 Å². The summed E-state index contributed by atoms with van der Waals surface area (Å²) in [4.78, 5) is 4.31. The number of benzene rings is 1. The van der Waals surface area contributed by atoms with Crippen LogP contribution in [-0.2, 0) is 0 Å². The molecule has 0 radical (unpaired) electrons. The zero-order valence-corrected chi connectivity index (χ0v) is 10.8. The Balaban J connectivity index is 1.99. The lowest BCUT2D eigenvalue weighted by molar-refractivity contribution is 0.273. The number of aryl methyl sites for hydroxylation is 1. The van der Waals surface area contributed by atoms with E-state index in [-0.39, 0.29) is 6.04 Å². The average molecular weight is 242 g/mol. The number of likely N-dealkylation sites (N-methyl/N-ethyl adjacent to an activating group) is 1. The predicted octanol–water partition coefficient (Wildman–Crippen LogP) is 2.73. The van der Waals surface area contributed by atoms with E-state index in [2.05, 4.69) is 16.4 Å². The summed E-state index contributed by atoms with van der Waals surface area (Å²) in [5.41, 5.74) is 2.16. The molecule has 2 rings (SSSR count). The molecule has 0 aliphatic heterocycles. The lowest BCUT2D eigenvalue weighted by Gasteiger charge is -2.17. The number of hydrogen-bond donors (Lipinski definition) is 1. The Kier molecular flexibility index (Phi) is 4.31. The third-order valence-electron chi connectivity index (χ3n) is 2.84. The van der Waals surface area contributed by atoms with Crippen LogP contribution in [0.4, 0.5) is 0 Å². The van der Waals surface area contributed by atoms with Crippen molar-refractivity contribution in [3.8, 4) is 5.75 Å². The second-order valence-corrected chi connectivity index (χ2v) is 4.20. The smallest absolute Gasteiger partial charge is 0.119 e. The zero-order chi connectivity index (χ0) is 12.8.